The standard InChI is InChI=1S/C11H22O3/c1-3-11(12)9(2)14-8-10-4-6-13-7-5-10/h9-12H,3-8H2,1-2H3. The molecule has 0 aromatic rings. The fourth-order valence-electron chi connectivity index (χ4n) is 1.64. The third-order valence-corrected chi connectivity index (χ3v) is 2.90. The average molecular weight is 202 g/mol. The Morgan fingerprint density at radius 1 is 1.43 bits per heavy atom. The molecular formula is C11H22O3. The Morgan fingerprint density at radius 3 is 2.64 bits per heavy atom. The van der Waals surface area contributed by atoms with Gasteiger partial charge in [0.25, 0.3) is 0 Å². The summed E-state index contributed by atoms with van der Waals surface area (Å²) >= 11 is 0. The second kappa shape index (κ2) is 6.38. The molecule has 0 saturated carbocycles. The van der Waals surface area contributed by atoms with Gasteiger partial charge in [-0.05, 0) is 32.1 Å². The van der Waals surface area contributed by atoms with Crippen LogP contribution >= 0.6 is 0 Å². The summed E-state index contributed by atoms with van der Waals surface area (Å²) in [7, 11) is 0. The van der Waals surface area contributed by atoms with Crippen LogP contribution in [0.15, 0.2) is 0 Å². The molecule has 14 heavy (non-hydrogen) atoms. The normalized spacial score (nSPS) is 23.4. The van der Waals surface area contributed by atoms with Gasteiger partial charge in [0.2, 0.25) is 0 Å². The van der Waals surface area contributed by atoms with Crippen LogP contribution in [0.5, 0.6) is 0 Å². The highest BCUT2D eigenvalue weighted by Gasteiger charge is 2.17. The van der Waals surface area contributed by atoms with Gasteiger partial charge in [-0.3, -0.25) is 0 Å². The molecule has 0 aromatic carbocycles. The maximum Gasteiger partial charge on any atom is 0.0805 e. The lowest BCUT2D eigenvalue weighted by atomic mass is 10.0. The molecule has 2 atom stereocenters. The molecule has 1 saturated heterocycles. The minimum atomic E-state index is -0.324. The first-order valence-electron chi connectivity index (χ1n) is 5.61. The highest BCUT2D eigenvalue weighted by Crippen LogP contribution is 2.16. The Kier molecular flexibility index (Phi) is 5.45. The van der Waals surface area contributed by atoms with E-state index in [0.29, 0.717) is 5.92 Å². The third kappa shape index (κ3) is 3.95. The number of aliphatic hydroxyl groups excluding tert-OH is 1. The zero-order valence-corrected chi connectivity index (χ0v) is 9.24. The molecule has 1 N–H and O–H groups in total. The molecule has 3 heteroatoms. The molecule has 1 aliphatic rings. The van der Waals surface area contributed by atoms with Crippen molar-refractivity contribution in [3.63, 3.8) is 0 Å². The molecule has 1 fully saturated rings. The Hall–Kier alpha value is -0.120. The van der Waals surface area contributed by atoms with Gasteiger partial charge in [-0.25, -0.2) is 0 Å². The zero-order chi connectivity index (χ0) is 10.4. The smallest absolute Gasteiger partial charge is 0.0805 e. The van der Waals surface area contributed by atoms with Crippen molar-refractivity contribution < 1.29 is 14.6 Å². The van der Waals surface area contributed by atoms with Crippen LogP contribution in [0.4, 0.5) is 0 Å². The minimum Gasteiger partial charge on any atom is -0.390 e. The first-order chi connectivity index (χ1) is 6.74. The molecular weight excluding hydrogens is 180 g/mol. The Labute approximate surface area is 86.4 Å². The summed E-state index contributed by atoms with van der Waals surface area (Å²) in [4.78, 5) is 0. The van der Waals surface area contributed by atoms with E-state index < -0.39 is 0 Å². The number of hydrogen-bond acceptors (Lipinski definition) is 3. The van der Waals surface area contributed by atoms with Crippen LogP contribution in [-0.4, -0.2) is 37.1 Å². The van der Waals surface area contributed by atoms with Crippen LogP contribution in [0.2, 0.25) is 0 Å². The van der Waals surface area contributed by atoms with Crippen molar-refractivity contribution in [3.05, 3.63) is 0 Å². The van der Waals surface area contributed by atoms with Crippen LogP contribution in [0.25, 0.3) is 0 Å². The van der Waals surface area contributed by atoms with E-state index in [9.17, 15) is 5.11 Å². The van der Waals surface area contributed by atoms with Crippen LogP contribution in [0.1, 0.15) is 33.1 Å². The van der Waals surface area contributed by atoms with Gasteiger partial charge >= 0.3 is 0 Å². The summed E-state index contributed by atoms with van der Waals surface area (Å²) in [6, 6.07) is 0. The molecule has 0 amide bonds. The van der Waals surface area contributed by atoms with Crippen LogP contribution in [0, 0.1) is 5.92 Å². The van der Waals surface area contributed by atoms with Gasteiger partial charge in [0.1, 0.15) is 0 Å². The molecule has 0 aliphatic carbocycles. The van der Waals surface area contributed by atoms with Crippen molar-refractivity contribution in [1.82, 2.24) is 0 Å². The minimum absolute atomic E-state index is 0.0390. The predicted molar refractivity (Wildman–Crippen MR) is 55.3 cm³/mol. The quantitative estimate of drug-likeness (QED) is 0.735. The van der Waals surface area contributed by atoms with Gasteiger partial charge in [0, 0.05) is 13.2 Å². The van der Waals surface area contributed by atoms with E-state index in [4.69, 9.17) is 9.47 Å². The molecule has 0 bridgehead atoms. The van der Waals surface area contributed by atoms with Gasteiger partial charge in [-0.1, -0.05) is 6.92 Å². The van der Waals surface area contributed by atoms with Crippen LogP contribution in [-0.2, 0) is 9.47 Å². The van der Waals surface area contributed by atoms with Gasteiger partial charge in [0.15, 0.2) is 0 Å². The molecule has 0 spiro atoms. The van der Waals surface area contributed by atoms with E-state index in [-0.39, 0.29) is 12.2 Å². The van der Waals surface area contributed by atoms with Crippen molar-refractivity contribution in [3.8, 4) is 0 Å². The summed E-state index contributed by atoms with van der Waals surface area (Å²) < 4.78 is 10.9. The summed E-state index contributed by atoms with van der Waals surface area (Å²) in [5.74, 6) is 0.621. The van der Waals surface area contributed by atoms with Gasteiger partial charge in [0.05, 0.1) is 18.8 Å². The molecule has 1 rings (SSSR count). The fourth-order valence-corrected chi connectivity index (χ4v) is 1.64. The van der Waals surface area contributed by atoms with Crippen LogP contribution in [0.3, 0.4) is 0 Å². The van der Waals surface area contributed by atoms with Crippen LogP contribution < -0.4 is 0 Å². The predicted octanol–water partition coefficient (Wildman–Crippen LogP) is 1.59. The second-order valence-electron chi connectivity index (χ2n) is 4.07. The number of hydrogen-bond donors (Lipinski definition) is 1. The fraction of sp³-hybridized carbons (Fsp3) is 1.00. The van der Waals surface area contributed by atoms with Crippen molar-refractivity contribution in [2.75, 3.05) is 19.8 Å². The van der Waals surface area contributed by atoms with E-state index >= 15 is 0 Å². The maximum absolute atomic E-state index is 9.51. The Morgan fingerprint density at radius 2 is 2.07 bits per heavy atom. The number of aliphatic hydroxyl groups is 1. The van der Waals surface area contributed by atoms with E-state index in [0.717, 1.165) is 39.1 Å². The first-order valence-corrected chi connectivity index (χ1v) is 5.61. The maximum atomic E-state index is 9.51. The molecule has 84 valence electrons. The molecule has 1 heterocycles. The van der Waals surface area contributed by atoms with Gasteiger partial charge in [-0.2, -0.15) is 0 Å². The SMILES string of the molecule is CCC(O)C(C)OCC1CCOCC1. The average Bonchev–Trinajstić information content (AvgIpc) is 2.26. The number of rotatable bonds is 5. The highest BCUT2D eigenvalue weighted by molar-refractivity contribution is 4.66. The van der Waals surface area contributed by atoms with Crippen molar-refractivity contribution in [2.24, 2.45) is 5.92 Å². The lowest BCUT2D eigenvalue weighted by Crippen LogP contribution is -2.29. The summed E-state index contributed by atoms with van der Waals surface area (Å²) in [6.07, 6.45) is 2.58. The largest absolute Gasteiger partial charge is 0.390 e. The van der Waals surface area contributed by atoms with Crippen molar-refractivity contribution in [1.29, 1.82) is 0 Å². The number of ether oxygens (including phenoxy) is 2. The van der Waals surface area contributed by atoms with Gasteiger partial charge < -0.3 is 14.6 Å². The first kappa shape index (κ1) is 12.0. The second-order valence-corrected chi connectivity index (χ2v) is 4.07. The monoisotopic (exact) mass is 202 g/mol. The summed E-state index contributed by atoms with van der Waals surface area (Å²) in [6.45, 7) is 6.39. The topological polar surface area (TPSA) is 38.7 Å². The van der Waals surface area contributed by atoms with E-state index in [1.54, 1.807) is 0 Å². The Balaban J connectivity index is 2.12. The molecule has 2 unspecified atom stereocenters. The van der Waals surface area contributed by atoms with E-state index in [1.165, 1.54) is 0 Å². The lowest BCUT2D eigenvalue weighted by molar-refractivity contribution is -0.0551. The van der Waals surface area contributed by atoms with Crippen molar-refractivity contribution in [2.45, 2.75) is 45.3 Å². The van der Waals surface area contributed by atoms with E-state index in [2.05, 4.69) is 0 Å². The Bertz CT molecular complexity index is 141. The van der Waals surface area contributed by atoms with Crippen molar-refractivity contribution >= 4 is 0 Å². The molecule has 1 aliphatic heterocycles. The molecule has 3 nitrogen and oxygen atoms in total. The molecule has 0 radical (unpaired) electrons. The highest BCUT2D eigenvalue weighted by atomic mass is 16.5. The summed E-state index contributed by atoms with van der Waals surface area (Å²) in [5.41, 5.74) is 0. The molecule has 0 aromatic heterocycles. The summed E-state index contributed by atoms with van der Waals surface area (Å²) in [5, 5.41) is 9.51. The zero-order valence-electron chi connectivity index (χ0n) is 9.24. The van der Waals surface area contributed by atoms with E-state index in [1.807, 2.05) is 13.8 Å². The lowest BCUT2D eigenvalue weighted by Gasteiger charge is -2.25. The van der Waals surface area contributed by atoms with Gasteiger partial charge in [-0.15, -0.1) is 0 Å². The third-order valence-electron chi connectivity index (χ3n) is 2.90.